The van der Waals surface area contributed by atoms with E-state index in [2.05, 4.69) is 15.9 Å². The topological polar surface area (TPSA) is 29.5 Å². The van der Waals surface area contributed by atoms with Gasteiger partial charge in [-0.2, -0.15) is 0 Å². The average molecular weight is 251 g/mol. The monoisotopic (exact) mass is 250 g/mol. The number of rotatable bonds is 2. The normalized spacial score (nSPS) is 13.1. The van der Waals surface area contributed by atoms with Crippen molar-refractivity contribution in [2.24, 2.45) is 0 Å². The first-order chi connectivity index (χ1) is 5.57. The van der Waals surface area contributed by atoms with Gasteiger partial charge in [0.25, 0.3) is 0 Å². The van der Waals surface area contributed by atoms with Crippen LogP contribution in [0, 0.1) is 6.92 Å². The number of aliphatic hydroxyl groups is 1. The minimum atomic E-state index is -0.463. The third-order valence-corrected chi connectivity index (χ3v) is 4.05. The lowest BCUT2D eigenvalue weighted by Gasteiger charge is -2.04. The van der Waals surface area contributed by atoms with Crippen molar-refractivity contribution >= 4 is 27.3 Å². The Labute approximate surface area is 84.3 Å². The highest BCUT2D eigenvalue weighted by Crippen LogP contribution is 2.42. The number of thiophene rings is 1. The van der Waals surface area contributed by atoms with Gasteiger partial charge in [-0.05, 0) is 29.8 Å². The van der Waals surface area contributed by atoms with Crippen molar-refractivity contribution in [3.8, 4) is 5.75 Å². The molecule has 1 rings (SSSR count). The molecule has 0 aliphatic carbocycles. The highest BCUT2D eigenvalue weighted by molar-refractivity contribution is 9.10. The Morgan fingerprint density at radius 1 is 1.58 bits per heavy atom. The van der Waals surface area contributed by atoms with Gasteiger partial charge in [-0.25, -0.2) is 0 Å². The molecule has 0 amide bonds. The molecule has 0 bridgehead atoms. The van der Waals surface area contributed by atoms with Crippen molar-refractivity contribution in [3.63, 3.8) is 0 Å². The summed E-state index contributed by atoms with van der Waals surface area (Å²) in [7, 11) is 1.61. The fourth-order valence-electron chi connectivity index (χ4n) is 0.989. The lowest BCUT2D eigenvalue weighted by molar-refractivity contribution is 0.198. The molecular weight excluding hydrogens is 240 g/mol. The average Bonchev–Trinajstić information content (AvgIpc) is 2.29. The van der Waals surface area contributed by atoms with Crippen LogP contribution in [0.4, 0.5) is 0 Å². The molecule has 12 heavy (non-hydrogen) atoms. The summed E-state index contributed by atoms with van der Waals surface area (Å²) in [4.78, 5) is 2.00. The van der Waals surface area contributed by atoms with Crippen molar-refractivity contribution in [1.29, 1.82) is 0 Å². The maximum Gasteiger partial charge on any atom is 0.149 e. The van der Waals surface area contributed by atoms with Crippen LogP contribution in [0.2, 0.25) is 0 Å². The van der Waals surface area contributed by atoms with E-state index in [1.165, 1.54) is 0 Å². The predicted octanol–water partition coefficient (Wildman–Crippen LogP) is 2.88. The molecule has 4 heteroatoms. The Balaban J connectivity index is 3.20. The predicted molar refractivity (Wildman–Crippen MR) is 53.9 cm³/mol. The van der Waals surface area contributed by atoms with Gasteiger partial charge < -0.3 is 9.84 Å². The van der Waals surface area contributed by atoms with E-state index >= 15 is 0 Å². The first-order valence-electron chi connectivity index (χ1n) is 3.58. The molecule has 1 aromatic heterocycles. The number of hydrogen-bond donors (Lipinski definition) is 1. The Bertz CT molecular complexity index is 281. The molecule has 2 nitrogen and oxygen atoms in total. The van der Waals surface area contributed by atoms with Gasteiger partial charge in [0.1, 0.15) is 5.75 Å². The number of hydrogen-bond acceptors (Lipinski definition) is 3. The highest BCUT2D eigenvalue weighted by atomic mass is 79.9. The first kappa shape index (κ1) is 10.0. The zero-order chi connectivity index (χ0) is 9.30. The Kier molecular flexibility index (Phi) is 3.15. The third-order valence-electron chi connectivity index (χ3n) is 1.58. The lowest BCUT2D eigenvalue weighted by atomic mass is 10.3. The molecule has 1 aromatic rings. The van der Waals surface area contributed by atoms with Crippen LogP contribution in [0.25, 0.3) is 0 Å². The summed E-state index contributed by atoms with van der Waals surface area (Å²) in [6, 6.07) is 0. The molecule has 1 heterocycles. The summed E-state index contributed by atoms with van der Waals surface area (Å²) in [5, 5.41) is 9.38. The third kappa shape index (κ3) is 1.65. The van der Waals surface area contributed by atoms with Gasteiger partial charge in [-0.15, -0.1) is 11.3 Å². The standard InChI is InChI=1S/C8H11BrO2S/c1-4(10)8-7(11-3)6(9)5(2)12-8/h4,10H,1-3H3. The molecule has 0 aliphatic heterocycles. The molecule has 0 radical (unpaired) electrons. The van der Waals surface area contributed by atoms with Crippen LogP contribution in [-0.2, 0) is 0 Å². The van der Waals surface area contributed by atoms with E-state index in [1.54, 1.807) is 25.4 Å². The summed E-state index contributed by atoms with van der Waals surface area (Å²) < 4.78 is 6.11. The van der Waals surface area contributed by atoms with E-state index < -0.39 is 6.10 Å². The smallest absolute Gasteiger partial charge is 0.149 e. The number of aryl methyl sites for hydroxylation is 1. The second-order valence-electron chi connectivity index (χ2n) is 2.55. The number of halogens is 1. The molecule has 68 valence electrons. The van der Waals surface area contributed by atoms with Crippen molar-refractivity contribution in [3.05, 3.63) is 14.2 Å². The van der Waals surface area contributed by atoms with Crippen molar-refractivity contribution < 1.29 is 9.84 Å². The molecule has 1 N–H and O–H groups in total. The molecule has 1 unspecified atom stereocenters. The van der Waals surface area contributed by atoms with Crippen LogP contribution in [-0.4, -0.2) is 12.2 Å². The molecule has 0 fully saturated rings. The van der Waals surface area contributed by atoms with Gasteiger partial charge in [0.05, 0.1) is 22.6 Å². The van der Waals surface area contributed by atoms with E-state index in [1.807, 2.05) is 6.92 Å². The second-order valence-corrected chi connectivity index (χ2v) is 4.60. The van der Waals surface area contributed by atoms with Gasteiger partial charge in [0.2, 0.25) is 0 Å². The molecule has 0 aromatic carbocycles. The fourth-order valence-corrected chi connectivity index (χ4v) is 2.70. The summed E-state index contributed by atoms with van der Waals surface area (Å²) in [6.45, 7) is 3.73. The minimum Gasteiger partial charge on any atom is -0.494 e. The Hall–Kier alpha value is -0.0600. The van der Waals surface area contributed by atoms with Gasteiger partial charge in [0, 0.05) is 4.88 Å². The molecule has 1 atom stereocenters. The largest absolute Gasteiger partial charge is 0.494 e. The maximum absolute atomic E-state index is 9.38. The van der Waals surface area contributed by atoms with Gasteiger partial charge in [-0.1, -0.05) is 0 Å². The zero-order valence-electron chi connectivity index (χ0n) is 7.22. The summed E-state index contributed by atoms with van der Waals surface area (Å²) in [5.74, 6) is 0.757. The molecule has 0 saturated heterocycles. The summed E-state index contributed by atoms with van der Waals surface area (Å²) in [5.41, 5.74) is 0. The maximum atomic E-state index is 9.38. The minimum absolute atomic E-state index is 0.463. The van der Waals surface area contributed by atoms with Gasteiger partial charge in [0.15, 0.2) is 0 Å². The first-order valence-corrected chi connectivity index (χ1v) is 5.19. The number of methoxy groups -OCH3 is 1. The summed E-state index contributed by atoms with van der Waals surface area (Å²) >= 11 is 4.96. The van der Waals surface area contributed by atoms with E-state index in [-0.39, 0.29) is 0 Å². The van der Waals surface area contributed by atoms with Crippen LogP contribution in [0.1, 0.15) is 22.8 Å². The van der Waals surface area contributed by atoms with Crippen molar-refractivity contribution in [2.75, 3.05) is 7.11 Å². The fraction of sp³-hybridized carbons (Fsp3) is 0.500. The Morgan fingerprint density at radius 2 is 2.17 bits per heavy atom. The van der Waals surface area contributed by atoms with Gasteiger partial charge >= 0.3 is 0 Å². The van der Waals surface area contributed by atoms with E-state index in [9.17, 15) is 5.11 Å². The van der Waals surface area contributed by atoms with Crippen LogP contribution in [0.15, 0.2) is 4.47 Å². The van der Waals surface area contributed by atoms with Crippen LogP contribution < -0.4 is 4.74 Å². The Morgan fingerprint density at radius 3 is 2.50 bits per heavy atom. The molecule has 0 saturated carbocycles. The summed E-state index contributed by atoms with van der Waals surface area (Å²) in [6.07, 6.45) is -0.463. The van der Waals surface area contributed by atoms with Crippen molar-refractivity contribution in [1.82, 2.24) is 0 Å². The van der Waals surface area contributed by atoms with Crippen LogP contribution in [0.3, 0.4) is 0 Å². The molecule has 0 spiro atoms. The molecule has 0 aliphatic rings. The van der Waals surface area contributed by atoms with Crippen LogP contribution >= 0.6 is 27.3 Å². The van der Waals surface area contributed by atoms with E-state index in [4.69, 9.17) is 4.74 Å². The second kappa shape index (κ2) is 3.77. The number of ether oxygens (including phenoxy) is 1. The van der Waals surface area contributed by atoms with Gasteiger partial charge in [-0.3, -0.25) is 0 Å². The van der Waals surface area contributed by atoms with Crippen molar-refractivity contribution in [2.45, 2.75) is 20.0 Å². The quantitative estimate of drug-likeness (QED) is 0.875. The van der Waals surface area contributed by atoms with E-state index in [0.717, 1.165) is 20.0 Å². The van der Waals surface area contributed by atoms with E-state index in [0.29, 0.717) is 0 Å². The van der Waals surface area contributed by atoms with Crippen LogP contribution in [0.5, 0.6) is 5.75 Å². The zero-order valence-corrected chi connectivity index (χ0v) is 9.62. The lowest BCUT2D eigenvalue weighted by Crippen LogP contribution is -1.91. The highest BCUT2D eigenvalue weighted by Gasteiger charge is 2.17. The molecular formula is C8H11BrO2S. The number of aliphatic hydroxyl groups excluding tert-OH is 1. The SMILES string of the molecule is COc1c(C(C)O)sc(C)c1Br.